The second-order valence-electron chi connectivity index (χ2n) is 7.07. The summed E-state index contributed by atoms with van der Waals surface area (Å²) in [5.41, 5.74) is 0.604. The summed E-state index contributed by atoms with van der Waals surface area (Å²) in [5, 5.41) is 2.81. The van der Waals surface area contributed by atoms with E-state index in [1.807, 2.05) is 26.0 Å². The quantitative estimate of drug-likeness (QED) is 0.659. The van der Waals surface area contributed by atoms with Gasteiger partial charge in [-0.1, -0.05) is 26.0 Å². The molecular formula is C19H23N3O3. The molecule has 0 spiro atoms. The first kappa shape index (κ1) is 17.3. The monoisotopic (exact) mass is 341 g/mol. The van der Waals surface area contributed by atoms with Gasteiger partial charge < -0.3 is 5.32 Å². The molecule has 25 heavy (non-hydrogen) atoms. The maximum absolute atomic E-state index is 12.8. The maximum Gasteiger partial charge on any atom is 0.247 e. The number of carbonyl (C=O) groups excluding carboxylic acids is 3. The van der Waals surface area contributed by atoms with Crippen molar-refractivity contribution in [2.24, 2.45) is 17.8 Å². The molecule has 0 bridgehead atoms. The fraction of sp³-hybridized carbons (Fsp3) is 0.474. The molecule has 6 heteroatoms. The number of carbonyl (C=O) groups is 3. The van der Waals surface area contributed by atoms with Crippen LogP contribution in [0.5, 0.6) is 0 Å². The summed E-state index contributed by atoms with van der Waals surface area (Å²) in [6.45, 7) is 3.96. The predicted molar refractivity (Wildman–Crippen MR) is 93.3 cm³/mol. The molecule has 1 aromatic rings. The number of fused-ring (bicyclic) bond motifs is 1. The van der Waals surface area contributed by atoms with Crippen molar-refractivity contribution in [2.45, 2.75) is 39.2 Å². The number of nitrogens with one attached hydrogen (secondary N) is 1. The van der Waals surface area contributed by atoms with Gasteiger partial charge in [-0.2, -0.15) is 0 Å². The van der Waals surface area contributed by atoms with Crippen molar-refractivity contribution in [3.05, 3.63) is 36.7 Å². The lowest BCUT2D eigenvalue weighted by atomic mass is 9.85. The Balaban J connectivity index is 1.84. The van der Waals surface area contributed by atoms with E-state index in [1.54, 1.807) is 24.5 Å². The fourth-order valence-electron chi connectivity index (χ4n) is 3.57. The highest BCUT2D eigenvalue weighted by atomic mass is 16.2. The van der Waals surface area contributed by atoms with Crippen LogP contribution in [0.4, 0.5) is 5.69 Å². The van der Waals surface area contributed by atoms with Crippen molar-refractivity contribution in [2.75, 3.05) is 5.32 Å². The molecule has 1 fully saturated rings. The van der Waals surface area contributed by atoms with Crippen LogP contribution in [-0.4, -0.2) is 33.6 Å². The number of imide groups is 1. The summed E-state index contributed by atoms with van der Waals surface area (Å²) in [7, 11) is 0. The number of pyridine rings is 1. The SMILES string of the molecule is CC(C)C[C@@H](C(=O)Nc1ccncc1)N1C(=O)[C@H]2CC=CC[C@@H]2C1=O. The summed E-state index contributed by atoms with van der Waals surface area (Å²) < 4.78 is 0. The first-order valence-electron chi connectivity index (χ1n) is 8.72. The van der Waals surface area contributed by atoms with Crippen LogP contribution < -0.4 is 5.32 Å². The van der Waals surface area contributed by atoms with Gasteiger partial charge in [0.25, 0.3) is 0 Å². The van der Waals surface area contributed by atoms with E-state index in [1.165, 1.54) is 4.90 Å². The number of likely N-dealkylation sites (tertiary alicyclic amines) is 1. The molecule has 3 amide bonds. The van der Waals surface area contributed by atoms with Gasteiger partial charge in [0.2, 0.25) is 17.7 Å². The van der Waals surface area contributed by atoms with Crippen molar-refractivity contribution in [3.63, 3.8) is 0 Å². The van der Waals surface area contributed by atoms with Crippen molar-refractivity contribution in [3.8, 4) is 0 Å². The number of amides is 3. The van der Waals surface area contributed by atoms with Crippen LogP contribution in [0.2, 0.25) is 0 Å². The molecule has 1 aliphatic heterocycles. The molecule has 132 valence electrons. The maximum atomic E-state index is 12.8. The highest BCUT2D eigenvalue weighted by Crippen LogP contribution is 2.37. The molecular weight excluding hydrogens is 318 g/mol. The molecule has 0 saturated carbocycles. The van der Waals surface area contributed by atoms with Gasteiger partial charge in [0.1, 0.15) is 6.04 Å². The molecule has 0 radical (unpaired) electrons. The van der Waals surface area contributed by atoms with Crippen molar-refractivity contribution in [1.29, 1.82) is 0 Å². The number of anilines is 1. The number of hydrogen-bond donors (Lipinski definition) is 1. The minimum Gasteiger partial charge on any atom is -0.324 e. The molecule has 6 nitrogen and oxygen atoms in total. The largest absolute Gasteiger partial charge is 0.324 e. The first-order chi connectivity index (χ1) is 12.0. The van der Waals surface area contributed by atoms with Crippen LogP contribution in [0.3, 0.4) is 0 Å². The number of allylic oxidation sites excluding steroid dienone is 2. The Morgan fingerprint density at radius 1 is 1.16 bits per heavy atom. The minimum absolute atomic E-state index is 0.176. The first-order valence-corrected chi connectivity index (χ1v) is 8.72. The second-order valence-corrected chi connectivity index (χ2v) is 7.07. The number of nitrogens with zero attached hydrogens (tertiary/aromatic N) is 2. The Labute approximate surface area is 147 Å². The molecule has 1 aromatic heterocycles. The summed E-state index contributed by atoms with van der Waals surface area (Å²) in [5.74, 6) is -1.21. The lowest BCUT2D eigenvalue weighted by Gasteiger charge is -2.27. The molecule has 1 aliphatic carbocycles. The second kappa shape index (κ2) is 7.17. The van der Waals surface area contributed by atoms with Gasteiger partial charge in [-0.25, -0.2) is 0 Å². The number of aromatic nitrogens is 1. The van der Waals surface area contributed by atoms with Gasteiger partial charge >= 0.3 is 0 Å². The van der Waals surface area contributed by atoms with Crippen LogP contribution >= 0.6 is 0 Å². The third-order valence-corrected chi connectivity index (χ3v) is 4.80. The highest BCUT2D eigenvalue weighted by Gasteiger charge is 2.51. The lowest BCUT2D eigenvalue weighted by Crippen LogP contribution is -2.48. The smallest absolute Gasteiger partial charge is 0.247 e. The molecule has 3 atom stereocenters. The average molecular weight is 341 g/mol. The zero-order valence-electron chi connectivity index (χ0n) is 14.5. The third kappa shape index (κ3) is 3.48. The van der Waals surface area contributed by atoms with E-state index >= 15 is 0 Å². The zero-order valence-corrected chi connectivity index (χ0v) is 14.5. The summed E-state index contributed by atoms with van der Waals surface area (Å²) in [6.07, 6.45) is 8.66. The molecule has 2 heterocycles. The van der Waals surface area contributed by atoms with E-state index in [0.717, 1.165) is 0 Å². The Morgan fingerprint density at radius 3 is 2.24 bits per heavy atom. The Hall–Kier alpha value is -2.50. The number of hydrogen-bond acceptors (Lipinski definition) is 4. The molecule has 0 unspecified atom stereocenters. The van der Waals surface area contributed by atoms with Gasteiger partial charge in [0.05, 0.1) is 11.8 Å². The minimum atomic E-state index is -0.779. The Kier molecular flexibility index (Phi) is 4.97. The molecule has 1 N–H and O–H groups in total. The van der Waals surface area contributed by atoms with Crippen molar-refractivity contribution in [1.82, 2.24) is 9.88 Å². The Bertz CT molecular complexity index is 673. The van der Waals surface area contributed by atoms with Gasteiger partial charge in [0, 0.05) is 18.1 Å². The van der Waals surface area contributed by atoms with Gasteiger partial charge in [0.15, 0.2) is 0 Å². The Morgan fingerprint density at radius 2 is 1.72 bits per heavy atom. The van der Waals surface area contributed by atoms with E-state index in [9.17, 15) is 14.4 Å². The topological polar surface area (TPSA) is 79.4 Å². The van der Waals surface area contributed by atoms with Crippen molar-refractivity contribution >= 4 is 23.4 Å². The molecule has 3 rings (SSSR count). The predicted octanol–water partition coefficient (Wildman–Crippen LogP) is 2.39. The third-order valence-electron chi connectivity index (χ3n) is 4.80. The zero-order chi connectivity index (χ0) is 18.0. The normalized spacial score (nSPS) is 23.7. The van der Waals surface area contributed by atoms with E-state index < -0.39 is 6.04 Å². The summed E-state index contributed by atoms with van der Waals surface area (Å²) in [6, 6.07) is 2.59. The van der Waals surface area contributed by atoms with Gasteiger partial charge in [-0.15, -0.1) is 0 Å². The van der Waals surface area contributed by atoms with E-state index in [-0.39, 0.29) is 35.5 Å². The van der Waals surface area contributed by atoms with Gasteiger partial charge in [-0.05, 0) is 37.3 Å². The highest BCUT2D eigenvalue weighted by molar-refractivity contribution is 6.10. The lowest BCUT2D eigenvalue weighted by molar-refractivity contribution is -0.147. The van der Waals surface area contributed by atoms with E-state index in [4.69, 9.17) is 0 Å². The van der Waals surface area contributed by atoms with Gasteiger partial charge in [-0.3, -0.25) is 24.3 Å². The van der Waals surface area contributed by atoms with E-state index in [0.29, 0.717) is 24.9 Å². The molecule has 0 aromatic carbocycles. The fourth-order valence-corrected chi connectivity index (χ4v) is 3.57. The van der Waals surface area contributed by atoms with Crippen LogP contribution in [-0.2, 0) is 14.4 Å². The van der Waals surface area contributed by atoms with E-state index in [2.05, 4.69) is 10.3 Å². The molecule has 1 saturated heterocycles. The number of rotatable bonds is 5. The van der Waals surface area contributed by atoms with Crippen molar-refractivity contribution < 1.29 is 14.4 Å². The summed E-state index contributed by atoms with van der Waals surface area (Å²) in [4.78, 5) is 43.6. The van der Waals surface area contributed by atoms with Crippen LogP contribution in [0, 0.1) is 17.8 Å². The standard InChI is InChI=1S/C19H23N3O3/c1-12(2)11-16(17(23)21-13-7-9-20-10-8-13)22-18(24)14-5-3-4-6-15(14)19(22)25/h3-4,7-10,12,14-16H,5-6,11H2,1-2H3,(H,20,21,23)/t14-,15-,16-/m0/s1. The van der Waals surface area contributed by atoms with Crippen LogP contribution in [0.25, 0.3) is 0 Å². The summed E-state index contributed by atoms with van der Waals surface area (Å²) >= 11 is 0. The van der Waals surface area contributed by atoms with Crippen LogP contribution in [0.15, 0.2) is 36.7 Å². The average Bonchev–Trinajstić information content (AvgIpc) is 2.85. The molecule has 2 aliphatic rings. The van der Waals surface area contributed by atoms with Crippen LogP contribution in [0.1, 0.15) is 33.1 Å².